The molecule has 112 valence electrons. The number of hydrogen-bond donors (Lipinski definition) is 2. The molecule has 2 rings (SSSR count). The minimum absolute atomic E-state index is 0.277. The van der Waals surface area contributed by atoms with Crippen molar-refractivity contribution in [1.29, 1.82) is 0 Å². The number of aromatic nitrogens is 2. The van der Waals surface area contributed by atoms with E-state index in [9.17, 15) is 4.39 Å². The van der Waals surface area contributed by atoms with Crippen LogP contribution in [0.1, 0.15) is 31.4 Å². The Bertz CT molecular complexity index is 613. The Morgan fingerprint density at radius 1 is 1.14 bits per heavy atom. The van der Waals surface area contributed by atoms with Gasteiger partial charge in [-0.25, -0.2) is 14.4 Å². The van der Waals surface area contributed by atoms with E-state index in [1.807, 2.05) is 19.9 Å². The molecule has 0 unspecified atom stereocenters. The average Bonchev–Trinajstić information content (AvgIpc) is 2.45. The lowest BCUT2D eigenvalue weighted by Crippen LogP contribution is -2.08. The van der Waals surface area contributed by atoms with Crippen LogP contribution >= 0.6 is 0 Å². The van der Waals surface area contributed by atoms with Crippen LogP contribution < -0.4 is 10.6 Å². The molecule has 2 aromatic rings. The van der Waals surface area contributed by atoms with Crippen molar-refractivity contribution in [3.63, 3.8) is 0 Å². The van der Waals surface area contributed by atoms with Gasteiger partial charge in [0.2, 0.25) is 0 Å². The number of nitrogens with one attached hydrogen (secondary N) is 2. The Labute approximate surface area is 124 Å². The number of halogens is 1. The number of rotatable bonds is 6. The van der Waals surface area contributed by atoms with Crippen LogP contribution in [0.3, 0.4) is 0 Å². The Kier molecular flexibility index (Phi) is 5.09. The fraction of sp³-hybridized carbons (Fsp3) is 0.375. The Morgan fingerprint density at radius 2 is 1.90 bits per heavy atom. The van der Waals surface area contributed by atoms with Crippen molar-refractivity contribution in [2.24, 2.45) is 0 Å². The predicted molar refractivity (Wildman–Crippen MR) is 84.6 cm³/mol. The third kappa shape index (κ3) is 3.68. The van der Waals surface area contributed by atoms with Gasteiger partial charge in [-0.05, 0) is 38.0 Å². The van der Waals surface area contributed by atoms with E-state index in [1.54, 1.807) is 6.07 Å². The van der Waals surface area contributed by atoms with E-state index in [2.05, 4.69) is 27.5 Å². The molecular formula is C16H21FN4. The summed E-state index contributed by atoms with van der Waals surface area (Å²) >= 11 is 0. The van der Waals surface area contributed by atoms with Gasteiger partial charge in [0.05, 0.1) is 5.69 Å². The van der Waals surface area contributed by atoms with Crippen molar-refractivity contribution < 1.29 is 4.39 Å². The van der Waals surface area contributed by atoms with Gasteiger partial charge in [0.15, 0.2) is 0 Å². The van der Waals surface area contributed by atoms with E-state index in [0.29, 0.717) is 11.5 Å². The fourth-order valence-corrected chi connectivity index (χ4v) is 2.18. The van der Waals surface area contributed by atoms with Crippen molar-refractivity contribution >= 4 is 17.3 Å². The first kappa shape index (κ1) is 15.2. The first-order chi connectivity index (χ1) is 10.2. The molecule has 0 saturated carbocycles. The molecule has 0 atom stereocenters. The molecule has 1 aromatic heterocycles. The lowest BCUT2D eigenvalue weighted by Gasteiger charge is -2.15. The zero-order valence-corrected chi connectivity index (χ0v) is 12.7. The van der Waals surface area contributed by atoms with E-state index in [-0.39, 0.29) is 5.82 Å². The quantitative estimate of drug-likeness (QED) is 0.842. The summed E-state index contributed by atoms with van der Waals surface area (Å²) in [6, 6.07) is 5.11. The van der Waals surface area contributed by atoms with Gasteiger partial charge in [-0.1, -0.05) is 19.4 Å². The zero-order chi connectivity index (χ0) is 15.2. The molecular weight excluding hydrogens is 267 g/mol. The molecule has 21 heavy (non-hydrogen) atoms. The second kappa shape index (κ2) is 7.02. The average molecular weight is 288 g/mol. The van der Waals surface area contributed by atoms with Gasteiger partial charge >= 0.3 is 0 Å². The third-order valence-corrected chi connectivity index (χ3v) is 3.17. The second-order valence-electron chi connectivity index (χ2n) is 4.94. The molecule has 0 aliphatic carbocycles. The first-order valence-electron chi connectivity index (χ1n) is 7.26. The smallest absolute Gasteiger partial charge is 0.146 e. The third-order valence-electron chi connectivity index (χ3n) is 3.17. The maximum absolute atomic E-state index is 14.0. The topological polar surface area (TPSA) is 49.8 Å². The minimum Gasteiger partial charge on any atom is -0.370 e. The van der Waals surface area contributed by atoms with Crippen LogP contribution in [0.5, 0.6) is 0 Å². The Hall–Kier alpha value is -2.17. The summed E-state index contributed by atoms with van der Waals surface area (Å²) in [7, 11) is 0. The standard InChI is InChI=1S/C16H21FN4/c1-4-6-12-15(18-5-2)19-10-20-16(12)21-14-8-7-11(3)9-13(14)17/h7-10H,4-6H2,1-3H3,(H2,18,19,20,21). The van der Waals surface area contributed by atoms with E-state index in [0.717, 1.165) is 36.3 Å². The molecule has 0 amide bonds. The maximum Gasteiger partial charge on any atom is 0.146 e. The van der Waals surface area contributed by atoms with Crippen LogP contribution in [0.2, 0.25) is 0 Å². The van der Waals surface area contributed by atoms with Gasteiger partial charge < -0.3 is 10.6 Å². The minimum atomic E-state index is -0.277. The summed E-state index contributed by atoms with van der Waals surface area (Å²) in [4.78, 5) is 8.54. The summed E-state index contributed by atoms with van der Waals surface area (Å²) in [6.07, 6.45) is 3.29. The van der Waals surface area contributed by atoms with Crippen molar-refractivity contribution in [3.8, 4) is 0 Å². The highest BCUT2D eigenvalue weighted by molar-refractivity contribution is 5.65. The van der Waals surface area contributed by atoms with Crippen molar-refractivity contribution in [3.05, 3.63) is 41.5 Å². The largest absolute Gasteiger partial charge is 0.370 e. The van der Waals surface area contributed by atoms with Crippen LogP contribution in [0.15, 0.2) is 24.5 Å². The van der Waals surface area contributed by atoms with Crippen LogP contribution in [0, 0.1) is 12.7 Å². The predicted octanol–water partition coefficient (Wildman–Crippen LogP) is 4.05. The van der Waals surface area contributed by atoms with Crippen LogP contribution in [-0.4, -0.2) is 16.5 Å². The first-order valence-corrected chi connectivity index (χ1v) is 7.26. The second-order valence-corrected chi connectivity index (χ2v) is 4.94. The molecule has 4 nitrogen and oxygen atoms in total. The monoisotopic (exact) mass is 288 g/mol. The van der Waals surface area contributed by atoms with E-state index < -0.39 is 0 Å². The Morgan fingerprint density at radius 3 is 2.57 bits per heavy atom. The highest BCUT2D eigenvalue weighted by atomic mass is 19.1. The number of anilines is 3. The summed E-state index contributed by atoms with van der Waals surface area (Å²) in [5.74, 6) is 1.19. The van der Waals surface area contributed by atoms with Crippen molar-refractivity contribution in [2.75, 3.05) is 17.2 Å². The summed E-state index contributed by atoms with van der Waals surface area (Å²) in [5.41, 5.74) is 2.31. The molecule has 0 aliphatic heterocycles. The SMILES string of the molecule is CCCc1c(NCC)ncnc1Nc1ccc(C)cc1F. The molecule has 5 heteroatoms. The van der Waals surface area contributed by atoms with Crippen LogP contribution in [0.4, 0.5) is 21.7 Å². The zero-order valence-electron chi connectivity index (χ0n) is 12.7. The molecule has 0 fully saturated rings. The maximum atomic E-state index is 14.0. The summed E-state index contributed by atoms with van der Waals surface area (Å²) in [6.45, 7) is 6.76. The number of hydrogen-bond acceptors (Lipinski definition) is 4. The molecule has 0 aliphatic rings. The van der Waals surface area contributed by atoms with Crippen LogP contribution in [0.25, 0.3) is 0 Å². The molecule has 0 saturated heterocycles. The van der Waals surface area contributed by atoms with E-state index >= 15 is 0 Å². The molecule has 0 bridgehead atoms. The van der Waals surface area contributed by atoms with Gasteiger partial charge in [-0.15, -0.1) is 0 Å². The van der Waals surface area contributed by atoms with Gasteiger partial charge in [-0.2, -0.15) is 0 Å². The van der Waals surface area contributed by atoms with E-state index in [1.165, 1.54) is 12.4 Å². The highest BCUT2D eigenvalue weighted by Crippen LogP contribution is 2.26. The van der Waals surface area contributed by atoms with Crippen LogP contribution in [-0.2, 0) is 6.42 Å². The molecule has 0 radical (unpaired) electrons. The Balaban J connectivity index is 2.36. The van der Waals surface area contributed by atoms with Gasteiger partial charge in [0.25, 0.3) is 0 Å². The summed E-state index contributed by atoms with van der Waals surface area (Å²) in [5, 5.41) is 6.31. The molecule has 1 heterocycles. The normalized spacial score (nSPS) is 10.5. The molecule has 2 N–H and O–H groups in total. The van der Waals surface area contributed by atoms with E-state index in [4.69, 9.17) is 0 Å². The van der Waals surface area contributed by atoms with Gasteiger partial charge in [-0.3, -0.25) is 0 Å². The lowest BCUT2D eigenvalue weighted by atomic mass is 10.1. The van der Waals surface area contributed by atoms with Gasteiger partial charge in [0.1, 0.15) is 23.8 Å². The number of nitrogens with zero attached hydrogens (tertiary/aromatic N) is 2. The summed E-state index contributed by atoms with van der Waals surface area (Å²) < 4.78 is 14.0. The highest BCUT2D eigenvalue weighted by Gasteiger charge is 2.12. The van der Waals surface area contributed by atoms with Crippen molar-refractivity contribution in [1.82, 2.24) is 9.97 Å². The number of benzene rings is 1. The fourth-order valence-electron chi connectivity index (χ4n) is 2.18. The molecule has 1 aromatic carbocycles. The number of aryl methyl sites for hydroxylation is 1. The van der Waals surface area contributed by atoms with Gasteiger partial charge in [0, 0.05) is 12.1 Å². The van der Waals surface area contributed by atoms with Crippen molar-refractivity contribution in [2.45, 2.75) is 33.6 Å². The lowest BCUT2D eigenvalue weighted by molar-refractivity contribution is 0.630. The molecule has 0 spiro atoms.